The maximum absolute atomic E-state index is 6.22. The number of hydrogen-bond donors (Lipinski definition) is 2. The highest BCUT2D eigenvalue weighted by Gasteiger charge is 2.25. The zero-order chi connectivity index (χ0) is 14.4. The smallest absolute Gasteiger partial charge is 0.224 e. The summed E-state index contributed by atoms with van der Waals surface area (Å²) >= 11 is 8.15. The highest BCUT2D eigenvalue weighted by Crippen LogP contribution is 2.31. The molecule has 1 fully saturated rings. The van der Waals surface area contributed by atoms with Crippen molar-refractivity contribution in [3.8, 4) is 0 Å². The third kappa shape index (κ3) is 4.16. The Morgan fingerprint density at radius 2 is 2.20 bits per heavy atom. The molecule has 1 aliphatic carbocycles. The molecule has 0 spiro atoms. The van der Waals surface area contributed by atoms with E-state index in [1.165, 1.54) is 25.7 Å². The first kappa shape index (κ1) is 15.7. The second kappa shape index (κ2) is 7.93. The number of halogens is 1. The second-order valence-electron chi connectivity index (χ2n) is 5.13. The highest BCUT2D eigenvalue weighted by atomic mass is 35.5. The molecule has 0 radical (unpaired) electrons. The lowest BCUT2D eigenvalue weighted by Gasteiger charge is -2.31. The van der Waals surface area contributed by atoms with Crippen molar-refractivity contribution in [1.82, 2.24) is 9.97 Å². The van der Waals surface area contributed by atoms with Crippen molar-refractivity contribution in [3.63, 3.8) is 0 Å². The molecule has 1 saturated carbocycles. The van der Waals surface area contributed by atoms with Gasteiger partial charge in [0.2, 0.25) is 5.95 Å². The van der Waals surface area contributed by atoms with E-state index in [1.54, 1.807) is 6.20 Å². The lowest BCUT2D eigenvalue weighted by molar-refractivity contribution is 0.474. The number of hydrogen-bond acceptors (Lipinski definition) is 5. The van der Waals surface area contributed by atoms with Crippen LogP contribution in [0.4, 0.5) is 11.8 Å². The Labute approximate surface area is 130 Å². The number of rotatable bonds is 6. The van der Waals surface area contributed by atoms with Crippen molar-refractivity contribution >= 4 is 35.1 Å². The summed E-state index contributed by atoms with van der Waals surface area (Å²) in [7, 11) is 0. The summed E-state index contributed by atoms with van der Waals surface area (Å²) in [5.41, 5.74) is 0. The van der Waals surface area contributed by atoms with Gasteiger partial charge in [-0.3, -0.25) is 0 Å². The van der Waals surface area contributed by atoms with Gasteiger partial charge in [0.25, 0.3) is 0 Å². The normalized spacial score (nSPS) is 22.6. The molecule has 0 aromatic carbocycles. The summed E-state index contributed by atoms with van der Waals surface area (Å²) in [4.78, 5) is 8.71. The van der Waals surface area contributed by atoms with Gasteiger partial charge in [0.1, 0.15) is 5.02 Å². The Morgan fingerprint density at radius 3 is 2.95 bits per heavy atom. The molecular weight excluding hydrogens is 292 g/mol. The monoisotopic (exact) mass is 314 g/mol. The number of nitrogens with zero attached hydrogens (tertiary/aromatic N) is 2. The van der Waals surface area contributed by atoms with Gasteiger partial charge in [0, 0.05) is 17.8 Å². The Balaban J connectivity index is 2.06. The van der Waals surface area contributed by atoms with Gasteiger partial charge in [-0.2, -0.15) is 16.7 Å². The van der Waals surface area contributed by atoms with Crippen molar-refractivity contribution in [1.29, 1.82) is 0 Å². The average Bonchev–Trinajstić information content (AvgIpc) is 2.48. The molecule has 1 aliphatic rings. The molecule has 0 amide bonds. The first-order valence-corrected chi connectivity index (χ1v) is 8.97. The summed E-state index contributed by atoms with van der Waals surface area (Å²) in [5.74, 6) is 1.40. The van der Waals surface area contributed by atoms with Crippen LogP contribution in [0.1, 0.15) is 39.0 Å². The molecule has 1 aromatic rings. The first-order chi connectivity index (χ1) is 9.74. The predicted octanol–water partition coefficient (Wildman–Crippen LogP) is 4.04. The summed E-state index contributed by atoms with van der Waals surface area (Å²) in [6.07, 6.45) is 9.95. The van der Waals surface area contributed by atoms with Crippen LogP contribution in [-0.4, -0.2) is 34.1 Å². The molecule has 2 unspecified atom stereocenters. The largest absolute Gasteiger partial charge is 0.365 e. The molecule has 2 N–H and O–H groups in total. The van der Waals surface area contributed by atoms with E-state index in [0.29, 0.717) is 22.3 Å². The van der Waals surface area contributed by atoms with Crippen molar-refractivity contribution in [3.05, 3.63) is 11.2 Å². The van der Waals surface area contributed by atoms with Crippen molar-refractivity contribution in [2.45, 2.75) is 50.3 Å². The standard InChI is InChI=1S/C14H23ClN4S/c1-3-8-16-14-17-9-10(15)13(19-14)18-11-6-4-5-7-12(11)20-2/h9,11-12H,3-8H2,1-2H3,(H2,16,17,18,19). The van der Waals surface area contributed by atoms with E-state index in [-0.39, 0.29) is 0 Å². The molecule has 4 nitrogen and oxygen atoms in total. The van der Waals surface area contributed by atoms with Crippen LogP contribution in [-0.2, 0) is 0 Å². The lowest BCUT2D eigenvalue weighted by Crippen LogP contribution is -2.34. The van der Waals surface area contributed by atoms with E-state index in [0.717, 1.165) is 18.8 Å². The Hall–Kier alpha value is -0.680. The number of anilines is 2. The zero-order valence-corrected chi connectivity index (χ0v) is 13.7. The van der Waals surface area contributed by atoms with Crippen LogP contribution < -0.4 is 10.6 Å². The molecule has 1 heterocycles. The van der Waals surface area contributed by atoms with Gasteiger partial charge in [0.05, 0.1) is 6.20 Å². The molecule has 2 rings (SSSR count). The molecule has 0 saturated heterocycles. The Morgan fingerprint density at radius 1 is 1.40 bits per heavy atom. The van der Waals surface area contributed by atoms with Crippen LogP contribution >= 0.6 is 23.4 Å². The zero-order valence-electron chi connectivity index (χ0n) is 12.2. The van der Waals surface area contributed by atoms with Crippen LogP contribution in [0.25, 0.3) is 0 Å². The third-order valence-corrected chi connectivity index (χ3v) is 5.05. The van der Waals surface area contributed by atoms with E-state index in [4.69, 9.17) is 11.6 Å². The lowest BCUT2D eigenvalue weighted by atomic mass is 9.95. The van der Waals surface area contributed by atoms with Gasteiger partial charge < -0.3 is 10.6 Å². The molecule has 1 aromatic heterocycles. The summed E-state index contributed by atoms with van der Waals surface area (Å²) in [6, 6.07) is 0.449. The van der Waals surface area contributed by atoms with E-state index in [9.17, 15) is 0 Å². The third-order valence-electron chi connectivity index (χ3n) is 3.60. The fourth-order valence-electron chi connectivity index (χ4n) is 2.51. The minimum absolute atomic E-state index is 0.449. The van der Waals surface area contributed by atoms with Gasteiger partial charge in [-0.25, -0.2) is 4.98 Å². The molecule has 112 valence electrons. The SMILES string of the molecule is CCCNc1ncc(Cl)c(NC2CCCCC2SC)n1. The van der Waals surface area contributed by atoms with Crippen LogP contribution in [0.5, 0.6) is 0 Å². The summed E-state index contributed by atoms with van der Waals surface area (Å²) < 4.78 is 0. The van der Waals surface area contributed by atoms with Crippen molar-refractivity contribution < 1.29 is 0 Å². The molecule has 6 heteroatoms. The van der Waals surface area contributed by atoms with Gasteiger partial charge in [-0.1, -0.05) is 31.4 Å². The minimum Gasteiger partial charge on any atom is -0.365 e. The molecule has 2 atom stereocenters. The molecule has 20 heavy (non-hydrogen) atoms. The fraction of sp³-hybridized carbons (Fsp3) is 0.714. The van der Waals surface area contributed by atoms with Gasteiger partial charge >= 0.3 is 0 Å². The maximum atomic E-state index is 6.22. The first-order valence-electron chi connectivity index (χ1n) is 7.30. The van der Waals surface area contributed by atoms with Crippen molar-refractivity contribution in [2.75, 3.05) is 23.4 Å². The topological polar surface area (TPSA) is 49.8 Å². The predicted molar refractivity (Wildman–Crippen MR) is 89.0 cm³/mol. The maximum Gasteiger partial charge on any atom is 0.224 e. The fourth-order valence-corrected chi connectivity index (χ4v) is 3.59. The van der Waals surface area contributed by atoms with Gasteiger partial charge in [-0.05, 0) is 25.5 Å². The average molecular weight is 315 g/mol. The molecular formula is C14H23ClN4S. The quantitative estimate of drug-likeness (QED) is 0.830. The van der Waals surface area contributed by atoms with Crippen LogP contribution in [0, 0.1) is 0 Å². The van der Waals surface area contributed by atoms with E-state index in [2.05, 4.69) is 33.8 Å². The number of thioether (sulfide) groups is 1. The van der Waals surface area contributed by atoms with Crippen LogP contribution in [0.3, 0.4) is 0 Å². The Kier molecular flexibility index (Phi) is 6.23. The van der Waals surface area contributed by atoms with E-state index >= 15 is 0 Å². The van der Waals surface area contributed by atoms with Crippen LogP contribution in [0.15, 0.2) is 6.20 Å². The van der Waals surface area contributed by atoms with E-state index in [1.807, 2.05) is 11.8 Å². The second-order valence-corrected chi connectivity index (χ2v) is 6.61. The summed E-state index contributed by atoms with van der Waals surface area (Å²) in [5, 5.41) is 7.96. The highest BCUT2D eigenvalue weighted by molar-refractivity contribution is 7.99. The Bertz CT molecular complexity index is 430. The van der Waals surface area contributed by atoms with Gasteiger partial charge in [-0.15, -0.1) is 0 Å². The van der Waals surface area contributed by atoms with E-state index < -0.39 is 0 Å². The van der Waals surface area contributed by atoms with Crippen molar-refractivity contribution in [2.24, 2.45) is 0 Å². The molecule has 0 aliphatic heterocycles. The van der Waals surface area contributed by atoms with Gasteiger partial charge in [0.15, 0.2) is 5.82 Å². The number of aromatic nitrogens is 2. The molecule has 0 bridgehead atoms. The summed E-state index contributed by atoms with van der Waals surface area (Å²) in [6.45, 7) is 2.99. The minimum atomic E-state index is 0.449. The van der Waals surface area contributed by atoms with Crippen LogP contribution in [0.2, 0.25) is 5.02 Å². The number of nitrogens with one attached hydrogen (secondary N) is 2.